The molecule has 2 heteroatoms. The van der Waals surface area contributed by atoms with Gasteiger partial charge in [-0.25, -0.2) is 0 Å². The number of hydrogen-bond acceptors (Lipinski definition) is 2. The normalized spacial score (nSPS) is 18.5. The van der Waals surface area contributed by atoms with E-state index in [1.165, 1.54) is 38.0 Å². The number of fused-ring (bicyclic) bond motifs is 1. The fourth-order valence-electron chi connectivity index (χ4n) is 2.84. The van der Waals surface area contributed by atoms with Gasteiger partial charge in [-0.05, 0) is 44.5 Å². The van der Waals surface area contributed by atoms with Crippen LogP contribution in [0, 0.1) is 0 Å². The highest BCUT2D eigenvalue weighted by Gasteiger charge is 2.26. The quantitative estimate of drug-likeness (QED) is 0.759. The van der Waals surface area contributed by atoms with Gasteiger partial charge < -0.3 is 10.2 Å². The van der Waals surface area contributed by atoms with E-state index in [1.807, 2.05) is 7.05 Å². The van der Waals surface area contributed by atoms with Crippen LogP contribution in [0.25, 0.3) is 0 Å². The maximum Gasteiger partial charge on any atom is 0.0402 e. The second-order valence-corrected chi connectivity index (χ2v) is 4.95. The fraction of sp³-hybridized carbons (Fsp3) is 0.600. The van der Waals surface area contributed by atoms with Gasteiger partial charge in [0.2, 0.25) is 0 Å². The third-order valence-electron chi connectivity index (χ3n) is 3.63. The zero-order valence-corrected chi connectivity index (χ0v) is 11.1. The Kier molecular flexibility index (Phi) is 4.43. The van der Waals surface area contributed by atoms with Gasteiger partial charge >= 0.3 is 0 Å². The summed E-state index contributed by atoms with van der Waals surface area (Å²) in [6.07, 6.45) is 3.81. The van der Waals surface area contributed by atoms with Gasteiger partial charge in [0, 0.05) is 24.7 Å². The lowest BCUT2D eigenvalue weighted by molar-refractivity contribution is 0.585. The Bertz CT molecular complexity index is 349. The van der Waals surface area contributed by atoms with Crippen LogP contribution < -0.4 is 10.2 Å². The minimum absolute atomic E-state index is 0.742. The molecule has 0 saturated heterocycles. The largest absolute Gasteiger partial charge is 0.371 e. The van der Waals surface area contributed by atoms with Crippen molar-refractivity contribution in [2.75, 3.05) is 31.6 Å². The van der Waals surface area contributed by atoms with Gasteiger partial charge in [-0.3, -0.25) is 0 Å². The van der Waals surface area contributed by atoms with Crippen molar-refractivity contribution in [2.45, 2.75) is 32.1 Å². The SMILES string of the molecule is CCCN1CC(CCCNC)c2ccccc21. The topological polar surface area (TPSA) is 15.3 Å². The Morgan fingerprint density at radius 2 is 2.18 bits per heavy atom. The van der Waals surface area contributed by atoms with Crippen molar-refractivity contribution in [3.05, 3.63) is 29.8 Å². The molecule has 0 aliphatic carbocycles. The lowest BCUT2D eigenvalue weighted by Gasteiger charge is -2.18. The number of nitrogens with one attached hydrogen (secondary N) is 1. The molecule has 0 radical (unpaired) electrons. The molecule has 17 heavy (non-hydrogen) atoms. The van der Waals surface area contributed by atoms with Crippen LogP contribution in [0.5, 0.6) is 0 Å². The first-order valence-corrected chi connectivity index (χ1v) is 6.85. The summed E-state index contributed by atoms with van der Waals surface area (Å²) in [6, 6.07) is 8.94. The van der Waals surface area contributed by atoms with E-state index in [4.69, 9.17) is 0 Å². The minimum atomic E-state index is 0.742. The Hall–Kier alpha value is -1.02. The highest BCUT2D eigenvalue weighted by atomic mass is 15.1. The highest BCUT2D eigenvalue weighted by molar-refractivity contribution is 5.60. The monoisotopic (exact) mass is 232 g/mol. The van der Waals surface area contributed by atoms with Crippen molar-refractivity contribution in [3.8, 4) is 0 Å². The zero-order chi connectivity index (χ0) is 12.1. The Balaban J connectivity index is 2.05. The first-order valence-electron chi connectivity index (χ1n) is 6.85. The molecule has 0 amide bonds. The van der Waals surface area contributed by atoms with Crippen molar-refractivity contribution in [3.63, 3.8) is 0 Å². The molecule has 94 valence electrons. The summed E-state index contributed by atoms with van der Waals surface area (Å²) in [5, 5.41) is 3.24. The molecule has 1 N–H and O–H groups in total. The van der Waals surface area contributed by atoms with E-state index in [0.29, 0.717) is 0 Å². The van der Waals surface area contributed by atoms with Gasteiger partial charge in [-0.1, -0.05) is 25.1 Å². The van der Waals surface area contributed by atoms with Crippen LogP contribution in [-0.4, -0.2) is 26.7 Å². The van der Waals surface area contributed by atoms with Gasteiger partial charge in [0.05, 0.1) is 0 Å². The van der Waals surface area contributed by atoms with Crippen molar-refractivity contribution in [2.24, 2.45) is 0 Å². The predicted octanol–water partition coefficient (Wildman–Crippen LogP) is 3.00. The van der Waals surface area contributed by atoms with E-state index in [2.05, 4.69) is 41.4 Å². The number of anilines is 1. The van der Waals surface area contributed by atoms with E-state index < -0.39 is 0 Å². The second-order valence-electron chi connectivity index (χ2n) is 4.95. The number of hydrogen-bond donors (Lipinski definition) is 1. The molecule has 0 saturated carbocycles. The molecule has 0 aromatic heterocycles. The standard InChI is InChI=1S/C15H24N2/c1-3-11-17-12-13(7-6-10-16-2)14-8-4-5-9-15(14)17/h4-5,8-9,13,16H,3,6-7,10-12H2,1-2H3. The van der Waals surface area contributed by atoms with Gasteiger partial charge in [-0.15, -0.1) is 0 Å². The number of rotatable bonds is 6. The summed E-state index contributed by atoms with van der Waals surface area (Å²) in [6.45, 7) is 5.81. The van der Waals surface area contributed by atoms with Crippen LogP contribution >= 0.6 is 0 Å². The first-order chi connectivity index (χ1) is 8.36. The first kappa shape index (κ1) is 12.4. The Morgan fingerprint density at radius 1 is 1.35 bits per heavy atom. The maximum atomic E-state index is 3.24. The average molecular weight is 232 g/mol. The third-order valence-corrected chi connectivity index (χ3v) is 3.63. The lowest BCUT2D eigenvalue weighted by Crippen LogP contribution is -2.22. The molecule has 1 atom stereocenters. The van der Waals surface area contributed by atoms with Crippen LogP contribution in [0.15, 0.2) is 24.3 Å². The zero-order valence-electron chi connectivity index (χ0n) is 11.1. The summed E-state index contributed by atoms with van der Waals surface area (Å²) in [5.41, 5.74) is 3.04. The van der Waals surface area contributed by atoms with Gasteiger partial charge in [0.1, 0.15) is 0 Å². The number of nitrogens with zero attached hydrogens (tertiary/aromatic N) is 1. The summed E-state index contributed by atoms with van der Waals surface area (Å²) in [4.78, 5) is 2.55. The van der Waals surface area contributed by atoms with Crippen molar-refractivity contribution >= 4 is 5.69 Å². The van der Waals surface area contributed by atoms with E-state index in [1.54, 1.807) is 5.56 Å². The number of benzene rings is 1. The Labute approximate surface area is 105 Å². The number of para-hydroxylation sites is 1. The summed E-state index contributed by atoms with van der Waals surface area (Å²) < 4.78 is 0. The third kappa shape index (κ3) is 2.81. The van der Waals surface area contributed by atoms with Crippen LogP contribution in [0.4, 0.5) is 5.69 Å². The fourth-order valence-corrected chi connectivity index (χ4v) is 2.84. The van der Waals surface area contributed by atoms with Crippen molar-refractivity contribution < 1.29 is 0 Å². The summed E-state index contributed by atoms with van der Waals surface area (Å²) in [5.74, 6) is 0.742. The van der Waals surface area contributed by atoms with Gasteiger partial charge in [0.25, 0.3) is 0 Å². The van der Waals surface area contributed by atoms with Crippen LogP contribution in [-0.2, 0) is 0 Å². The second kappa shape index (κ2) is 6.06. The molecule has 1 aromatic carbocycles. The molecule has 0 bridgehead atoms. The lowest BCUT2D eigenvalue weighted by atomic mass is 9.96. The minimum Gasteiger partial charge on any atom is -0.371 e. The van der Waals surface area contributed by atoms with Crippen LogP contribution in [0.1, 0.15) is 37.7 Å². The van der Waals surface area contributed by atoms with Gasteiger partial charge in [-0.2, -0.15) is 0 Å². The molecule has 2 rings (SSSR count). The molecular formula is C15H24N2. The average Bonchev–Trinajstić information content (AvgIpc) is 2.70. The van der Waals surface area contributed by atoms with E-state index in [-0.39, 0.29) is 0 Å². The van der Waals surface area contributed by atoms with Crippen LogP contribution in [0.2, 0.25) is 0 Å². The molecular weight excluding hydrogens is 208 g/mol. The van der Waals surface area contributed by atoms with E-state index in [9.17, 15) is 0 Å². The summed E-state index contributed by atoms with van der Waals surface area (Å²) in [7, 11) is 2.03. The predicted molar refractivity (Wildman–Crippen MR) is 74.8 cm³/mol. The van der Waals surface area contributed by atoms with Gasteiger partial charge in [0.15, 0.2) is 0 Å². The molecule has 1 heterocycles. The smallest absolute Gasteiger partial charge is 0.0402 e. The molecule has 1 unspecified atom stereocenters. The molecule has 0 fully saturated rings. The summed E-state index contributed by atoms with van der Waals surface area (Å²) >= 11 is 0. The maximum absolute atomic E-state index is 3.24. The molecule has 1 aliphatic heterocycles. The molecule has 2 nitrogen and oxygen atoms in total. The van der Waals surface area contributed by atoms with Crippen molar-refractivity contribution in [1.82, 2.24) is 5.32 Å². The van der Waals surface area contributed by atoms with E-state index in [0.717, 1.165) is 12.5 Å². The molecule has 0 spiro atoms. The molecule has 1 aliphatic rings. The highest BCUT2D eigenvalue weighted by Crippen LogP contribution is 2.38. The Morgan fingerprint density at radius 3 is 2.94 bits per heavy atom. The van der Waals surface area contributed by atoms with E-state index >= 15 is 0 Å². The van der Waals surface area contributed by atoms with Crippen molar-refractivity contribution in [1.29, 1.82) is 0 Å². The van der Waals surface area contributed by atoms with Crippen LogP contribution in [0.3, 0.4) is 0 Å². The molecule has 1 aromatic rings.